The number of alkyl halides is 1. The smallest absolute Gasteiger partial charge is 0.258 e. The summed E-state index contributed by atoms with van der Waals surface area (Å²) in [6.07, 6.45) is 0.621. The van der Waals surface area contributed by atoms with E-state index in [1.165, 1.54) is 18.5 Å². The Morgan fingerprint density at radius 1 is 1.53 bits per heavy atom. The predicted molar refractivity (Wildman–Crippen MR) is 71.3 cm³/mol. The topological polar surface area (TPSA) is 95.1 Å². The number of nitrogens with zero attached hydrogens (tertiary/aromatic N) is 3. The van der Waals surface area contributed by atoms with Crippen molar-refractivity contribution in [3.63, 3.8) is 0 Å². The molecule has 0 saturated carbocycles. The number of rotatable bonds is 6. The number of hydrogen-bond donors (Lipinski definition) is 0. The zero-order valence-electron chi connectivity index (χ0n) is 11.0. The molecule has 7 nitrogen and oxygen atoms in total. The second kappa shape index (κ2) is 5.87. The van der Waals surface area contributed by atoms with Crippen LogP contribution >= 0.6 is 11.6 Å². The van der Waals surface area contributed by atoms with E-state index in [0.29, 0.717) is 13.0 Å². The van der Waals surface area contributed by atoms with Crippen molar-refractivity contribution in [2.24, 2.45) is 0 Å². The number of aromatic nitrogens is 2. The summed E-state index contributed by atoms with van der Waals surface area (Å²) >= 11 is 5.58. The summed E-state index contributed by atoms with van der Waals surface area (Å²) in [7, 11) is -3.87. The molecule has 1 atom stereocenters. The summed E-state index contributed by atoms with van der Waals surface area (Å²) in [5.41, 5.74) is -0.357. The van der Waals surface area contributed by atoms with Crippen molar-refractivity contribution in [2.45, 2.75) is 44.0 Å². The normalized spacial score (nSPS) is 13.5. The number of aryl methyl sites for hydroxylation is 2. The fourth-order valence-electron chi connectivity index (χ4n) is 1.68. The van der Waals surface area contributed by atoms with E-state index in [2.05, 4.69) is 5.10 Å². The molecule has 0 aromatic carbocycles. The Morgan fingerprint density at radius 3 is 2.53 bits per heavy atom. The molecule has 19 heavy (non-hydrogen) atoms. The first-order valence-electron chi connectivity index (χ1n) is 5.79. The maximum Gasteiger partial charge on any atom is 0.328 e. The van der Waals surface area contributed by atoms with E-state index in [-0.39, 0.29) is 16.6 Å². The van der Waals surface area contributed by atoms with Gasteiger partial charge in [-0.25, -0.2) is 13.1 Å². The molecule has 0 N–H and O–H groups in total. The van der Waals surface area contributed by atoms with Gasteiger partial charge in [0.25, 0.3) is 0 Å². The molecule has 0 radical (unpaired) electrons. The van der Waals surface area contributed by atoms with Crippen LogP contribution in [0.25, 0.3) is 0 Å². The Hall–Kier alpha value is -1.15. The van der Waals surface area contributed by atoms with Crippen LogP contribution in [0, 0.1) is 17.0 Å². The van der Waals surface area contributed by atoms with Crippen LogP contribution in [0.4, 0.5) is 5.69 Å². The molecular formula is C10H16ClN3O4S. The Bertz CT molecular complexity index is 582. The van der Waals surface area contributed by atoms with Gasteiger partial charge in [0.05, 0.1) is 10.2 Å². The number of hydrogen-bond acceptors (Lipinski definition) is 5. The van der Waals surface area contributed by atoms with Crippen LogP contribution in [0.3, 0.4) is 0 Å². The Morgan fingerprint density at radius 2 is 2.11 bits per heavy atom. The van der Waals surface area contributed by atoms with Gasteiger partial charge in [0, 0.05) is 12.4 Å². The molecule has 0 fully saturated rings. The SMILES string of the molecule is CCCn1nc(C)c([N+](=O)[O-])c1S(=O)(=O)C(C)CCl. The van der Waals surface area contributed by atoms with Gasteiger partial charge in [0.1, 0.15) is 5.69 Å². The lowest BCUT2D eigenvalue weighted by molar-refractivity contribution is -0.388. The van der Waals surface area contributed by atoms with Gasteiger partial charge in [0.2, 0.25) is 14.9 Å². The van der Waals surface area contributed by atoms with Gasteiger partial charge >= 0.3 is 5.69 Å². The van der Waals surface area contributed by atoms with Crippen molar-refractivity contribution >= 4 is 27.1 Å². The number of halogens is 1. The van der Waals surface area contributed by atoms with Gasteiger partial charge < -0.3 is 0 Å². The fraction of sp³-hybridized carbons (Fsp3) is 0.700. The lowest BCUT2D eigenvalue weighted by Gasteiger charge is -2.10. The van der Waals surface area contributed by atoms with Crippen molar-refractivity contribution in [3.05, 3.63) is 15.8 Å². The molecule has 1 unspecified atom stereocenters. The first kappa shape index (κ1) is 15.9. The average molecular weight is 310 g/mol. The summed E-state index contributed by atoms with van der Waals surface area (Å²) in [6.45, 7) is 4.99. The molecule has 108 valence electrons. The highest BCUT2D eigenvalue weighted by molar-refractivity contribution is 7.92. The Balaban J connectivity index is 3.59. The first-order chi connectivity index (χ1) is 8.77. The molecular weight excluding hydrogens is 294 g/mol. The minimum atomic E-state index is -3.87. The minimum absolute atomic E-state index is 0.0961. The molecule has 1 heterocycles. The molecule has 1 aromatic rings. The van der Waals surface area contributed by atoms with Crippen LogP contribution in [0.5, 0.6) is 0 Å². The molecule has 0 spiro atoms. The van der Waals surface area contributed by atoms with Crippen LogP contribution in [-0.2, 0) is 16.4 Å². The second-order valence-electron chi connectivity index (χ2n) is 4.23. The Labute approximate surface area is 116 Å². The van der Waals surface area contributed by atoms with Gasteiger partial charge in [-0.1, -0.05) is 6.92 Å². The Kier molecular flexibility index (Phi) is 4.92. The van der Waals surface area contributed by atoms with E-state index in [9.17, 15) is 18.5 Å². The number of sulfone groups is 1. The molecule has 0 amide bonds. The standard InChI is InChI=1S/C10H16ClN3O4S/c1-4-5-13-10(19(17,18)7(2)6-11)9(14(15)16)8(3)12-13/h7H,4-6H2,1-3H3. The van der Waals surface area contributed by atoms with Crippen LogP contribution in [-0.4, -0.2) is 34.3 Å². The van der Waals surface area contributed by atoms with Crippen LogP contribution in [0.2, 0.25) is 0 Å². The first-order valence-corrected chi connectivity index (χ1v) is 7.87. The summed E-state index contributed by atoms with van der Waals surface area (Å²) in [5, 5.41) is 13.8. The lowest BCUT2D eigenvalue weighted by atomic mass is 10.4. The summed E-state index contributed by atoms with van der Waals surface area (Å²) in [6, 6.07) is 0. The highest BCUT2D eigenvalue weighted by atomic mass is 35.5. The van der Waals surface area contributed by atoms with Gasteiger partial charge in [-0.2, -0.15) is 5.10 Å². The van der Waals surface area contributed by atoms with Gasteiger partial charge in [-0.15, -0.1) is 11.6 Å². The van der Waals surface area contributed by atoms with Gasteiger partial charge in [-0.05, 0) is 20.3 Å². The third-order valence-electron chi connectivity index (χ3n) is 2.68. The van der Waals surface area contributed by atoms with Crippen molar-refractivity contribution in [1.82, 2.24) is 9.78 Å². The third kappa shape index (κ3) is 2.89. The van der Waals surface area contributed by atoms with Crippen LogP contribution in [0.1, 0.15) is 26.0 Å². The van der Waals surface area contributed by atoms with E-state index in [1.807, 2.05) is 6.92 Å². The summed E-state index contributed by atoms with van der Waals surface area (Å²) in [4.78, 5) is 10.4. The van der Waals surface area contributed by atoms with Crippen molar-refractivity contribution in [3.8, 4) is 0 Å². The van der Waals surface area contributed by atoms with E-state index >= 15 is 0 Å². The van der Waals surface area contributed by atoms with Gasteiger partial charge in [-0.3, -0.25) is 10.1 Å². The summed E-state index contributed by atoms with van der Waals surface area (Å²) in [5.74, 6) is -0.129. The van der Waals surface area contributed by atoms with Crippen LogP contribution < -0.4 is 0 Å². The molecule has 0 aliphatic heterocycles. The maximum absolute atomic E-state index is 12.3. The monoisotopic (exact) mass is 309 g/mol. The van der Waals surface area contributed by atoms with Crippen LogP contribution in [0.15, 0.2) is 5.03 Å². The lowest BCUT2D eigenvalue weighted by Crippen LogP contribution is -2.23. The van der Waals surface area contributed by atoms with Gasteiger partial charge in [0.15, 0.2) is 0 Å². The van der Waals surface area contributed by atoms with Crippen molar-refractivity contribution < 1.29 is 13.3 Å². The maximum atomic E-state index is 12.3. The molecule has 0 aliphatic carbocycles. The number of nitro groups is 1. The van der Waals surface area contributed by atoms with Crippen molar-refractivity contribution in [1.29, 1.82) is 0 Å². The molecule has 1 aromatic heterocycles. The molecule has 9 heteroatoms. The molecule has 0 aliphatic rings. The predicted octanol–water partition coefficient (Wildman–Crippen LogP) is 1.91. The van der Waals surface area contributed by atoms with E-state index in [0.717, 1.165) is 0 Å². The van der Waals surface area contributed by atoms with E-state index in [1.54, 1.807) is 0 Å². The molecule has 0 saturated heterocycles. The largest absolute Gasteiger partial charge is 0.328 e. The zero-order chi connectivity index (χ0) is 14.8. The fourth-order valence-corrected chi connectivity index (χ4v) is 3.64. The summed E-state index contributed by atoms with van der Waals surface area (Å²) < 4.78 is 25.9. The van der Waals surface area contributed by atoms with E-state index < -0.39 is 25.7 Å². The van der Waals surface area contributed by atoms with Crippen molar-refractivity contribution in [2.75, 3.05) is 5.88 Å². The highest BCUT2D eigenvalue weighted by Gasteiger charge is 2.37. The third-order valence-corrected chi connectivity index (χ3v) is 5.50. The second-order valence-corrected chi connectivity index (χ2v) is 6.82. The molecule has 0 bridgehead atoms. The highest BCUT2D eigenvalue weighted by Crippen LogP contribution is 2.30. The zero-order valence-corrected chi connectivity index (χ0v) is 12.5. The average Bonchev–Trinajstić information content (AvgIpc) is 2.65. The van der Waals surface area contributed by atoms with E-state index in [4.69, 9.17) is 11.6 Å². The minimum Gasteiger partial charge on any atom is -0.258 e. The quantitative estimate of drug-likeness (QED) is 0.454. The molecule has 1 rings (SSSR count).